The fourth-order valence-electron chi connectivity index (χ4n) is 8.50. The highest BCUT2D eigenvalue weighted by Gasteiger charge is 2.39. The summed E-state index contributed by atoms with van der Waals surface area (Å²) in [7, 11) is 0. The largest absolute Gasteiger partial charge is 0.361 e. The van der Waals surface area contributed by atoms with Crippen LogP contribution in [0.25, 0.3) is 10.9 Å². The van der Waals surface area contributed by atoms with Gasteiger partial charge in [0.25, 0.3) is 0 Å². The number of H-pyrrole nitrogens is 1. The molecule has 55 heavy (non-hydrogen) atoms. The second-order valence-corrected chi connectivity index (χ2v) is 15.7. The number of fused-ring (bicyclic) bond motifs is 2. The summed E-state index contributed by atoms with van der Waals surface area (Å²) < 4.78 is 0. The Morgan fingerprint density at radius 3 is 2.25 bits per heavy atom. The number of carbonyl (C=O) groups excluding carboxylic acids is 5. The van der Waals surface area contributed by atoms with E-state index in [1.807, 2.05) is 67.7 Å². The van der Waals surface area contributed by atoms with E-state index in [2.05, 4.69) is 31.6 Å². The van der Waals surface area contributed by atoms with Crippen LogP contribution in [-0.2, 0) is 36.9 Å². The van der Waals surface area contributed by atoms with E-state index in [4.69, 9.17) is 0 Å². The van der Waals surface area contributed by atoms with E-state index in [1.54, 1.807) is 4.90 Å². The summed E-state index contributed by atoms with van der Waals surface area (Å²) in [5.74, 6) is -1.42. The number of nitrogens with one attached hydrogen (secondary N) is 6. The van der Waals surface area contributed by atoms with Gasteiger partial charge >= 0.3 is 0 Å². The Kier molecular flexibility index (Phi) is 14.4. The summed E-state index contributed by atoms with van der Waals surface area (Å²) in [6.07, 6.45) is 11.9. The van der Waals surface area contributed by atoms with Crippen molar-refractivity contribution in [3.05, 3.63) is 71.9 Å². The lowest BCUT2D eigenvalue weighted by molar-refractivity contribution is -0.141. The van der Waals surface area contributed by atoms with Crippen LogP contribution in [0.2, 0.25) is 0 Å². The molecule has 6 rings (SSSR count). The van der Waals surface area contributed by atoms with E-state index < -0.39 is 42.0 Å². The fraction of sp³-hybridized carbons (Fsp3) is 0.558. The molecule has 12 heteroatoms. The normalized spacial score (nSPS) is 25.4. The number of hydrogen-bond acceptors (Lipinski definition) is 6. The highest BCUT2D eigenvalue weighted by Crippen LogP contribution is 2.28. The number of hydrogen-bond donors (Lipinski definition) is 6. The molecule has 12 nitrogen and oxygen atoms in total. The van der Waals surface area contributed by atoms with Crippen LogP contribution in [0.5, 0.6) is 0 Å². The summed E-state index contributed by atoms with van der Waals surface area (Å²) in [4.78, 5) is 75.8. The van der Waals surface area contributed by atoms with Gasteiger partial charge in [-0.05, 0) is 61.6 Å². The lowest BCUT2D eigenvalue weighted by Crippen LogP contribution is -2.59. The molecule has 1 aromatic heterocycles. The van der Waals surface area contributed by atoms with Gasteiger partial charge in [0.05, 0.1) is 6.04 Å². The molecule has 5 atom stereocenters. The molecule has 2 saturated heterocycles. The van der Waals surface area contributed by atoms with Crippen LogP contribution in [0.4, 0.5) is 0 Å². The van der Waals surface area contributed by atoms with E-state index in [1.165, 1.54) is 0 Å². The maximum absolute atomic E-state index is 14.4. The Labute approximate surface area is 324 Å². The van der Waals surface area contributed by atoms with Crippen LogP contribution < -0.4 is 26.6 Å². The monoisotopic (exact) mass is 753 g/mol. The van der Waals surface area contributed by atoms with E-state index >= 15 is 0 Å². The van der Waals surface area contributed by atoms with Gasteiger partial charge in [0, 0.05) is 43.2 Å². The van der Waals surface area contributed by atoms with E-state index in [0.717, 1.165) is 67.0 Å². The van der Waals surface area contributed by atoms with Crippen LogP contribution in [0.15, 0.2) is 60.8 Å². The fourth-order valence-corrected chi connectivity index (χ4v) is 8.50. The molecule has 0 spiro atoms. The van der Waals surface area contributed by atoms with Crippen molar-refractivity contribution < 1.29 is 24.0 Å². The van der Waals surface area contributed by atoms with Crippen molar-refractivity contribution in [2.45, 2.75) is 134 Å². The first-order valence-electron chi connectivity index (χ1n) is 20.6. The van der Waals surface area contributed by atoms with Crippen LogP contribution >= 0.6 is 0 Å². The second-order valence-electron chi connectivity index (χ2n) is 15.7. The van der Waals surface area contributed by atoms with Crippen molar-refractivity contribution in [3.8, 4) is 0 Å². The van der Waals surface area contributed by atoms with Crippen molar-refractivity contribution >= 4 is 40.4 Å². The number of unbranched alkanes of at least 4 members (excludes halogenated alkanes) is 1. The van der Waals surface area contributed by atoms with Gasteiger partial charge < -0.3 is 36.5 Å². The molecule has 3 heterocycles. The van der Waals surface area contributed by atoms with Gasteiger partial charge in [-0.25, -0.2) is 0 Å². The Balaban J connectivity index is 1.30. The number of aromatic nitrogens is 1. The number of rotatable bonds is 10. The van der Waals surface area contributed by atoms with Crippen LogP contribution in [0, 0.1) is 5.92 Å². The molecule has 0 radical (unpaired) electrons. The number of aromatic amines is 1. The van der Waals surface area contributed by atoms with Crippen molar-refractivity contribution in [1.82, 2.24) is 36.5 Å². The smallest absolute Gasteiger partial charge is 0.243 e. The third kappa shape index (κ3) is 10.7. The number of amides is 5. The molecule has 3 fully saturated rings. The van der Waals surface area contributed by atoms with Crippen LogP contribution in [0.1, 0.15) is 102 Å². The van der Waals surface area contributed by atoms with Crippen molar-refractivity contribution in [2.24, 2.45) is 5.92 Å². The summed E-state index contributed by atoms with van der Waals surface area (Å²) >= 11 is 0. The van der Waals surface area contributed by atoms with Gasteiger partial charge in [-0.15, -0.1) is 0 Å². The van der Waals surface area contributed by atoms with Crippen molar-refractivity contribution in [2.75, 3.05) is 13.1 Å². The van der Waals surface area contributed by atoms with Gasteiger partial charge in [-0.3, -0.25) is 24.0 Å². The molecular formula is C43H59N7O5. The SMILES string of the molecule is CCCC[C@@H]1NC(=O)[C@H](Cc2c[nH]c3ccccc23)NC(=O)[C@@H](CC2CCCCC2)NC(=O)[C@@H]2CCCN2C(=O)[C@@H](NCc2ccccc2)CCCNC1=O. The van der Waals surface area contributed by atoms with Gasteiger partial charge in [0.2, 0.25) is 29.5 Å². The lowest BCUT2D eigenvalue weighted by Gasteiger charge is -2.32. The zero-order chi connectivity index (χ0) is 38.6. The topological polar surface area (TPSA) is 165 Å². The minimum Gasteiger partial charge on any atom is -0.361 e. The quantitative estimate of drug-likeness (QED) is 0.180. The molecule has 6 N–H and O–H groups in total. The maximum atomic E-state index is 14.4. The highest BCUT2D eigenvalue weighted by atomic mass is 16.2. The Bertz CT molecular complexity index is 1760. The first-order chi connectivity index (χ1) is 26.8. The predicted molar refractivity (Wildman–Crippen MR) is 213 cm³/mol. The molecule has 2 aromatic carbocycles. The van der Waals surface area contributed by atoms with Gasteiger partial charge in [-0.1, -0.05) is 100 Å². The minimum atomic E-state index is -1.01. The molecule has 3 aliphatic rings. The van der Waals surface area contributed by atoms with Gasteiger partial charge in [0.15, 0.2) is 0 Å². The summed E-state index contributed by atoms with van der Waals surface area (Å²) in [5, 5.41) is 16.5. The molecule has 1 saturated carbocycles. The molecule has 5 amide bonds. The summed E-state index contributed by atoms with van der Waals surface area (Å²) in [6.45, 7) is 3.27. The van der Waals surface area contributed by atoms with Crippen molar-refractivity contribution in [1.29, 1.82) is 0 Å². The first kappa shape index (κ1) is 40.0. The zero-order valence-electron chi connectivity index (χ0n) is 32.2. The molecule has 0 bridgehead atoms. The summed E-state index contributed by atoms with van der Waals surface area (Å²) in [5.41, 5.74) is 2.81. The van der Waals surface area contributed by atoms with Gasteiger partial charge in [0.1, 0.15) is 24.2 Å². The Hall–Kier alpha value is -4.71. The minimum absolute atomic E-state index is 0.152. The second kappa shape index (κ2) is 19.7. The molecule has 3 aromatic rings. The number of carbonyl (C=O) groups is 5. The molecule has 1 aliphatic carbocycles. The first-order valence-corrected chi connectivity index (χ1v) is 20.6. The van der Waals surface area contributed by atoms with E-state index in [9.17, 15) is 24.0 Å². The Morgan fingerprint density at radius 1 is 0.727 bits per heavy atom. The molecule has 296 valence electrons. The van der Waals surface area contributed by atoms with E-state index in [-0.39, 0.29) is 30.1 Å². The van der Waals surface area contributed by atoms with Crippen LogP contribution in [0.3, 0.4) is 0 Å². The average Bonchev–Trinajstić information content (AvgIpc) is 3.87. The van der Waals surface area contributed by atoms with Crippen LogP contribution in [-0.4, -0.2) is 82.7 Å². The maximum Gasteiger partial charge on any atom is 0.243 e. The zero-order valence-corrected chi connectivity index (χ0v) is 32.2. The van der Waals surface area contributed by atoms with E-state index in [0.29, 0.717) is 58.2 Å². The standard InChI is InChI=1S/C43H59N7O5/c1-2-3-19-34-39(51)44-23-12-21-35(45-27-30-16-8-5-9-17-30)43(55)50-24-13-22-38(50)42(54)49-36(25-29-14-6-4-7-15-29)40(52)48-37(41(53)47-34)26-31-28-46-33-20-11-10-18-32(31)33/h5,8-11,16-18,20,28-29,34-38,45-46H,2-4,6-7,12-15,19,21-27H2,1H3,(H,44,51)(H,47,53)(H,48,52)(H,49,54)/t34-,35-,36+,37-,38-/m0/s1. The summed E-state index contributed by atoms with van der Waals surface area (Å²) in [6, 6.07) is 13.7. The lowest BCUT2D eigenvalue weighted by atomic mass is 9.84. The average molecular weight is 754 g/mol. The predicted octanol–water partition coefficient (Wildman–Crippen LogP) is 4.38. The molecular weight excluding hydrogens is 695 g/mol. The van der Waals surface area contributed by atoms with Crippen molar-refractivity contribution in [3.63, 3.8) is 0 Å². The third-order valence-electron chi connectivity index (χ3n) is 11.6. The van der Waals surface area contributed by atoms with Gasteiger partial charge in [-0.2, -0.15) is 0 Å². The Morgan fingerprint density at radius 2 is 1.45 bits per heavy atom. The number of benzene rings is 2. The number of para-hydroxylation sites is 1. The molecule has 0 unspecified atom stereocenters. The third-order valence-corrected chi connectivity index (χ3v) is 11.6. The number of nitrogens with zero attached hydrogens (tertiary/aromatic N) is 1. The highest BCUT2D eigenvalue weighted by molar-refractivity contribution is 5.96. The molecule has 2 aliphatic heterocycles.